The second-order valence-corrected chi connectivity index (χ2v) is 6.15. The van der Waals surface area contributed by atoms with Crippen molar-refractivity contribution >= 4 is 28.3 Å². The van der Waals surface area contributed by atoms with Gasteiger partial charge in [-0.25, -0.2) is 4.98 Å². The van der Waals surface area contributed by atoms with Crippen molar-refractivity contribution in [2.24, 2.45) is 11.8 Å². The molecule has 3 atom stereocenters. The number of anilines is 1. The van der Waals surface area contributed by atoms with Gasteiger partial charge >= 0.3 is 0 Å². The van der Waals surface area contributed by atoms with Crippen molar-refractivity contribution in [1.82, 2.24) is 9.97 Å². The summed E-state index contributed by atoms with van der Waals surface area (Å²) in [5, 5.41) is 11.4. The number of fused-ring (bicyclic) bond motifs is 2. The van der Waals surface area contributed by atoms with Crippen molar-refractivity contribution in [3.05, 3.63) is 29.5 Å². The van der Waals surface area contributed by atoms with Crippen molar-refractivity contribution < 1.29 is 5.11 Å². The predicted molar refractivity (Wildman–Crippen MR) is 79.0 cm³/mol. The summed E-state index contributed by atoms with van der Waals surface area (Å²) in [5.74, 6) is 1.86. The van der Waals surface area contributed by atoms with Gasteiger partial charge in [-0.3, -0.25) is 0 Å². The Balaban J connectivity index is 1.76. The van der Waals surface area contributed by atoms with E-state index in [0.717, 1.165) is 42.7 Å². The summed E-state index contributed by atoms with van der Waals surface area (Å²) in [6, 6.07) is 7.94. The van der Waals surface area contributed by atoms with E-state index in [-0.39, 0.29) is 11.4 Å². The van der Waals surface area contributed by atoms with Crippen LogP contribution in [-0.4, -0.2) is 34.3 Å². The highest BCUT2D eigenvalue weighted by Gasteiger charge is 2.42. The van der Waals surface area contributed by atoms with Crippen LogP contribution in [-0.2, 0) is 0 Å². The molecule has 2 aliphatic rings. The van der Waals surface area contributed by atoms with Crippen molar-refractivity contribution in [2.45, 2.75) is 18.9 Å². The SMILES string of the molecule is OC1CCC2CN(c3nc(Cl)nc4ccccc34)CC12. The average molecular weight is 290 g/mol. The zero-order valence-electron chi connectivity index (χ0n) is 11.0. The lowest BCUT2D eigenvalue weighted by Crippen LogP contribution is -2.25. The van der Waals surface area contributed by atoms with Gasteiger partial charge in [0, 0.05) is 24.4 Å². The molecule has 1 saturated carbocycles. The highest BCUT2D eigenvalue weighted by molar-refractivity contribution is 6.28. The minimum atomic E-state index is -0.159. The highest BCUT2D eigenvalue weighted by Crippen LogP contribution is 2.40. The summed E-state index contributed by atoms with van der Waals surface area (Å²) < 4.78 is 0. The van der Waals surface area contributed by atoms with Crippen molar-refractivity contribution in [2.75, 3.05) is 18.0 Å². The Labute approximate surface area is 122 Å². The van der Waals surface area contributed by atoms with Crippen LogP contribution in [0, 0.1) is 11.8 Å². The van der Waals surface area contributed by atoms with Gasteiger partial charge < -0.3 is 10.0 Å². The first kappa shape index (κ1) is 12.4. The largest absolute Gasteiger partial charge is 0.393 e. The monoisotopic (exact) mass is 289 g/mol. The van der Waals surface area contributed by atoms with Crippen molar-refractivity contribution in [3.63, 3.8) is 0 Å². The summed E-state index contributed by atoms with van der Waals surface area (Å²) in [6.45, 7) is 1.82. The number of rotatable bonds is 1. The zero-order chi connectivity index (χ0) is 13.7. The van der Waals surface area contributed by atoms with Gasteiger partial charge in [-0.05, 0) is 42.5 Å². The second-order valence-electron chi connectivity index (χ2n) is 5.81. The summed E-state index contributed by atoms with van der Waals surface area (Å²) in [6.07, 6.45) is 1.89. The van der Waals surface area contributed by atoms with E-state index >= 15 is 0 Å². The zero-order valence-corrected chi connectivity index (χ0v) is 11.8. The Morgan fingerprint density at radius 3 is 2.85 bits per heavy atom. The summed E-state index contributed by atoms with van der Waals surface area (Å²) in [5.41, 5.74) is 0.875. The van der Waals surface area contributed by atoms with E-state index in [4.69, 9.17) is 11.6 Å². The predicted octanol–water partition coefficient (Wildman–Crippen LogP) is 2.49. The van der Waals surface area contributed by atoms with Crippen LogP contribution in [0.3, 0.4) is 0 Å². The fourth-order valence-corrected chi connectivity index (χ4v) is 3.85. The van der Waals surface area contributed by atoms with Gasteiger partial charge in [-0.15, -0.1) is 0 Å². The Kier molecular flexibility index (Phi) is 2.82. The topological polar surface area (TPSA) is 49.2 Å². The molecule has 2 fully saturated rings. The quantitative estimate of drug-likeness (QED) is 0.820. The fourth-order valence-electron chi connectivity index (χ4n) is 3.68. The van der Waals surface area contributed by atoms with Gasteiger partial charge in [0.25, 0.3) is 0 Å². The Hall–Kier alpha value is -1.39. The molecule has 5 heteroatoms. The number of para-hydroxylation sites is 1. The number of aromatic nitrogens is 2. The Morgan fingerprint density at radius 2 is 2.00 bits per heavy atom. The molecule has 4 nitrogen and oxygen atoms in total. The number of hydrogen-bond donors (Lipinski definition) is 1. The van der Waals surface area contributed by atoms with Crippen LogP contribution in [0.15, 0.2) is 24.3 Å². The molecule has 2 heterocycles. The first-order valence-electron chi connectivity index (χ1n) is 7.07. The summed E-state index contributed by atoms with van der Waals surface area (Å²) in [4.78, 5) is 11.0. The van der Waals surface area contributed by atoms with Crippen molar-refractivity contribution in [1.29, 1.82) is 0 Å². The second kappa shape index (κ2) is 4.57. The molecule has 1 N–H and O–H groups in total. The number of nitrogens with zero attached hydrogens (tertiary/aromatic N) is 3. The van der Waals surface area contributed by atoms with Gasteiger partial charge in [0.2, 0.25) is 5.28 Å². The van der Waals surface area contributed by atoms with Gasteiger partial charge in [0.1, 0.15) is 5.82 Å². The average Bonchev–Trinajstić information content (AvgIpc) is 3.00. The molecule has 0 spiro atoms. The summed E-state index contributed by atoms with van der Waals surface area (Å²) >= 11 is 6.05. The number of benzene rings is 1. The molecule has 1 aliphatic heterocycles. The molecule has 104 valence electrons. The maximum absolute atomic E-state index is 10.0. The van der Waals surface area contributed by atoms with E-state index in [1.807, 2.05) is 24.3 Å². The number of aliphatic hydroxyl groups is 1. The lowest BCUT2D eigenvalue weighted by molar-refractivity contribution is 0.133. The van der Waals surface area contributed by atoms with Crippen LogP contribution in [0.4, 0.5) is 5.82 Å². The highest BCUT2D eigenvalue weighted by atomic mass is 35.5. The molecule has 0 radical (unpaired) electrons. The van der Waals surface area contributed by atoms with E-state index in [9.17, 15) is 5.11 Å². The molecule has 20 heavy (non-hydrogen) atoms. The fraction of sp³-hybridized carbons (Fsp3) is 0.467. The van der Waals surface area contributed by atoms with Crippen LogP contribution >= 0.6 is 11.6 Å². The number of aliphatic hydroxyl groups excluding tert-OH is 1. The normalized spacial score (nSPS) is 29.1. The molecule has 4 rings (SSSR count). The van der Waals surface area contributed by atoms with Crippen LogP contribution in [0.5, 0.6) is 0 Å². The lowest BCUT2D eigenvalue weighted by Gasteiger charge is -2.21. The third kappa shape index (κ3) is 1.86. The molecular weight excluding hydrogens is 274 g/mol. The smallest absolute Gasteiger partial charge is 0.224 e. The first-order valence-corrected chi connectivity index (χ1v) is 7.45. The van der Waals surface area contributed by atoms with Gasteiger partial charge in [-0.1, -0.05) is 12.1 Å². The van der Waals surface area contributed by atoms with E-state index in [2.05, 4.69) is 14.9 Å². The molecule has 2 aromatic rings. The maximum atomic E-state index is 10.0. The standard InChI is InChI=1S/C15H16ClN3O/c16-15-17-12-4-2-1-3-10(12)14(18-15)19-7-9-5-6-13(20)11(9)8-19/h1-4,9,11,13,20H,5-8H2. The molecule has 1 saturated heterocycles. The molecule has 1 aromatic heterocycles. The van der Waals surface area contributed by atoms with E-state index in [1.165, 1.54) is 0 Å². The molecule has 0 amide bonds. The van der Waals surface area contributed by atoms with Gasteiger partial charge in [-0.2, -0.15) is 4.98 Å². The van der Waals surface area contributed by atoms with Crippen LogP contribution in [0.2, 0.25) is 5.28 Å². The van der Waals surface area contributed by atoms with E-state index < -0.39 is 0 Å². The molecule has 1 aromatic carbocycles. The minimum absolute atomic E-state index is 0.159. The molecule has 0 bridgehead atoms. The van der Waals surface area contributed by atoms with Gasteiger partial charge in [0.05, 0.1) is 11.6 Å². The third-order valence-corrected chi connectivity index (χ3v) is 4.84. The van der Waals surface area contributed by atoms with Crippen LogP contribution in [0.1, 0.15) is 12.8 Å². The van der Waals surface area contributed by atoms with Crippen molar-refractivity contribution in [3.8, 4) is 0 Å². The summed E-state index contributed by atoms with van der Waals surface area (Å²) in [7, 11) is 0. The van der Waals surface area contributed by atoms with E-state index in [0.29, 0.717) is 11.8 Å². The maximum Gasteiger partial charge on any atom is 0.224 e. The third-order valence-electron chi connectivity index (χ3n) is 4.67. The Morgan fingerprint density at radius 1 is 1.15 bits per heavy atom. The molecule has 1 aliphatic carbocycles. The number of hydrogen-bond acceptors (Lipinski definition) is 4. The van der Waals surface area contributed by atoms with Crippen LogP contribution < -0.4 is 4.90 Å². The van der Waals surface area contributed by atoms with Crippen LogP contribution in [0.25, 0.3) is 10.9 Å². The number of halogens is 1. The molecular formula is C15H16ClN3O. The lowest BCUT2D eigenvalue weighted by atomic mass is 10.00. The van der Waals surface area contributed by atoms with E-state index in [1.54, 1.807) is 0 Å². The van der Waals surface area contributed by atoms with Gasteiger partial charge in [0.15, 0.2) is 0 Å². The Bertz CT molecular complexity index is 663. The first-order chi connectivity index (χ1) is 9.72. The minimum Gasteiger partial charge on any atom is -0.393 e. The molecule has 3 unspecified atom stereocenters.